The normalized spacial score (nSPS) is 18.8. The number of rotatable bonds is 3. The zero-order valence-electron chi connectivity index (χ0n) is 42.7. The summed E-state index contributed by atoms with van der Waals surface area (Å²) in [6.45, 7) is 5.72. The maximum atomic E-state index is 15.5. The monoisotopic (exact) mass is 826 g/mol. The molecule has 1 spiro atoms. The van der Waals surface area contributed by atoms with Gasteiger partial charge in [0.15, 0.2) is 17.5 Å². The van der Waals surface area contributed by atoms with Gasteiger partial charge in [-0.1, -0.05) is 171 Å². The SMILES string of the molecule is [2H]c1c([2H])c([2H])c(-c2nc(-c3ccc4c(c3)C3(c5ccccc5-c5ccccc5-4)c4ccccc4S(=O)(=O)c4cc5c(cc43)-c3ccccc3C5(C)C)nc(-c3c([2H])c([2H])c([2H])c(C)c3[2H])n2)c([2H])c1[2H]. The Labute approximate surface area is 374 Å². The van der Waals surface area contributed by atoms with Gasteiger partial charge in [-0.25, -0.2) is 23.4 Å². The molecule has 2 aliphatic carbocycles. The van der Waals surface area contributed by atoms with E-state index in [1.165, 1.54) is 6.92 Å². The second-order valence-electron chi connectivity index (χ2n) is 16.5. The minimum atomic E-state index is -4.17. The first-order chi connectivity index (χ1) is 33.9. The van der Waals surface area contributed by atoms with Crippen LogP contribution in [0.2, 0.25) is 0 Å². The highest BCUT2D eigenvalue weighted by molar-refractivity contribution is 7.91. The van der Waals surface area contributed by atoms with Crippen LogP contribution in [0.4, 0.5) is 0 Å². The molecular formula is C56H39N3O2S. The van der Waals surface area contributed by atoms with Crippen LogP contribution in [-0.2, 0) is 20.7 Å². The third-order valence-corrected chi connectivity index (χ3v) is 14.7. The summed E-state index contributed by atoms with van der Waals surface area (Å²) in [4.78, 5) is 14.7. The minimum Gasteiger partial charge on any atom is -0.218 e. The van der Waals surface area contributed by atoms with E-state index in [0.717, 1.165) is 50.1 Å². The van der Waals surface area contributed by atoms with Crippen molar-refractivity contribution in [3.63, 3.8) is 0 Å². The molecule has 0 bridgehead atoms. The summed E-state index contributed by atoms with van der Waals surface area (Å²) in [6.07, 6.45) is 0. The fourth-order valence-corrected chi connectivity index (χ4v) is 11.9. The fraction of sp³-hybridized carbons (Fsp3) is 0.0893. The van der Waals surface area contributed by atoms with Gasteiger partial charge in [-0.3, -0.25) is 0 Å². The Kier molecular flexibility index (Phi) is 5.98. The van der Waals surface area contributed by atoms with Crippen molar-refractivity contribution in [2.24, 2.45) is 0 Å². The molecule has 0 saturated carbocycles. The number of benzene rings is 8. The maximum absolute atomic E-state index is 15.5. The lowest BCUT2D eigenvalue weighted by Gasteiger charge is -2.43. The number of nitrogens with zero attached hydrogens (tertiary/aromatic N) is 3. The Morgan fingerprint density at radius 3 is 1.74 bits per heavy atom. The van der Waals surface area contributed by atoms with Gasteiger partial charge in [0.05, 0.1) is 27.5 Å². The predicted octanol–water partition coefficient (Wildman–Crippen LogP) is 12.7. The van der Waals surface area contributed by atoms with Crippen LogP contribution in [0.15, 0.2) is 192 Å². The molecule has 62 heavy (non-hydrogen) atoms. The average Bonchev–Trinajstić information content (AvgIpc) is 3.54. The standard InChI is InChI=1S/C56H39N3O2S/c1-34-16-15-19-36(30-34)53-57-52(35-17-5-4-6-18-35)58-54(59-53)37-28-29-42-39-21-8-7-20-38(39)40-22-10-12-25-45(40)56(48(42)31-37)46-26-13-14-27-50(46)62(60,61)51-33-47-43(32-49(51)56)41-23-9-11-24-44(41)55(47,2)3/h4-33H,1-3H3/i4D,5D,6D,15D,16D,17D,18D,19D,30D. The van der Waals surface area contributed by atoms with Crippen molar-refractivity contribution in [3.05, 3.63) is 221 Å². The van der Waals surface area contributed by atoms with Crippen LogP contribution in [0.5, 0.6) is 0 Å². The van der Waals surface area contributed by atoms with Crippen molar-refractivity contribution in [1.82, 2.24) is 15.0 Å². The fourth-order valence-electron chi connectivity index (χ4n) is 10.1. The van der Waals surface area contributed by atoms with Crippen LogP contribution < -0.4 is 0 Å². The molecule has 1 unspecified atom stereocenters. The van der Waals surface area contributed by atoms with Gasteiger partial charge in [-0.15, -0.1) is 0 Å². The summed E-state index contributed by atoms with van der Waals surface area (Å²) in [5, 5.41) is 0. The summed E-state index contributed by atoms with van der Waals surface area (Å²) in [5.41, 5.74) is 7.95. The highest BCUT2D eigenvalue weighted by atomic mass is 32.2. The van der Waals surface area contributed by atoms with Crippen LogP contribution in [0, 0.1) is 6.92 Å². The van der Waals surface area contributed by atoms with Gasteiger partial charge in [0.2, 0.25) is 9.84 Å². The second-order valence-corrected chi connectivity index (χ2v) is 18.4. The lowest BCUT2D eigenvalue weighted by molar-refractivity contribution is 0.577. The average molecular weight is 827 g/mol. The van der Waals surface area contributed by atoms with E-state index in [1.807, 2.05) is 72.8 Å². The molecule has 0 amide bonds. The first kappa shape index (κ1) is 28.3. The van der Waals surface area contributed by atoms with E-state index in [-0.39, 0.29) is 56.0 Å². The van der Waals surface area contributed by atoms with E-state index >= 15 is 8.42 Å². The number of aromatic nitrogens is 3. The second kappa shape index (κ2) is 13.1. The first-order valence-corrected chi connectivity index (χ1v) is 21.8. The Balaban J connectivity index is 1.25. The Hall–Kier alpha value is -7.28. The molecule has 1 atom stereocenters. The van der Waals surface area contributed by atoms with Crippen LogP contribution in [0.3, 0.4) is 0 Å². The molecule has 0 N–H and O–H groups in total. The molecule has 0 saturated heterocycles. The van der Waals surface area contributed by atoms with Gasteiger partial charge in [-0.2, -0.15) is 0 Å². The number of hydrogen-bond donors (Lipinski definition) is 0. The Bertz CT molecular complexity index is 3880. The summed E-state index contributed by atoms with van der Waals surface area (Å²) in [6, 6.07) is 36.4. The number of fused-ring (bicyclic) bond motifs is 14. The van der Waals surface area contributed by atoms with E-state index in [1.54, 1.807) is 18.2 Å². The van der Waals surface area contributed by atoms with Gasteiger partial charge < -0.3 is 0 Å². The first-order valence-electron chi connectivity index (χ1n) is 24.8. The zero-order valence-corrected chi connectivity index (χ0v) is 34.5. The minimum absolute atomic E-state index is 0.0555. The van der Waals surface area contributed by atoms with Crippen molar-refractivity contribution in [3.8, 4) is 67.5 Å². The summed E-state index contributed by atoms with van der Waals surface area (Å²) < 4.78 is 110. The van der Waals surface area contributed by atoms with Gasteiger partial charge >= 0.3 is 0 Å². The van der Waals surface area contributed by atoms with Crippen molar-refractivity contribution < 1.29 is 20.8 Å². The topological polar surface area (TPSA) is 72.8 Å². The number of hydrogen-bond acceptors (Lipinski definition) is 5. The summed E-state index contributed by atoms with van der Waals surface area (Å²) >= 11 is 0. The quantitative estimate of drug-likeness (QED) is 0.177. The van der Waals surface area contributed by atoms with Gasteiger partial charge in [0.25, 0.3) is 0 Å². The molecule has 9 aromatic rings. The Morgan fingerprint density at radius 1 is 0.452 bits per heavy atom. The molecule has 296 valence electrons. The van der Waals surface area contributed by atoms with Crippen LogP contribution in [0.25, 0.3) is 67.5 Å². The molecule has 12 rings (SSSR count). The third-order valence-electron chi connectivity index (χ3n) is 12.8. The third kappa shape index (κ3) is 5.01. The maximum Gasteiger partial charge on any atom is 0.207 e. The molecule has 5 nitrogen and oxygen atoms in total. The van der Waals surface area contributed by atoms with Gasteiger partial charge in [0.1, 0.15) is 0 Å². The molecule has 8 aromatic carbocycles. The van der Waals surface area contributed by atoms with E-state index in [4.69, 9.17) is 22.3 Å². The molecule has 6 heteroatoms. The van der Waals surface area contributed by atoms with E-state index in [0.29, 0.717) is 22.3 Å². The molecule has 0 radical (unpaired) electrons. The predicted molar refractivity (Wildman–Crippen MR) is 247 cm³/mol. The van der Waals surface area contributed by atoms with E-state index < -0.39 is 63.0 Å². The zero-order chi connectivity index (χ0) is 49.8. The molecule has 1 aromatic heterocycles. The largest absolute Gasteiger partial charge is 0.218 e. The molecule has 3 aliphatic rings. The molecule has 2 heterocycles. The molecule has 1 aliphatic heterocycles. The number of sulfone groups is 1. The van der Waals surface area contributed by atoms with Gasteiger partial charge in [0, 0.05) is 22.1 Å². The van der Waals surface area contributed by atoms with E-state index in [9.17, 15) is 0 Å². The summed E-state index contributed by atoms with van der Waals surface area (Å²) in [7, 11) is -4.17. The molecule has 0 fully saturated rings. The van der Waals surface area contributed by atoms with Crippen molar-refractivity contribution in [2.45, 2.75) is 41.4 Å². The van der Waals surface area contributed by atoms with Crippen LogP contribution in [0.1, 0.15) is 65.1 Å². The molecular weight excluding hydrogens is 779 g/mol. The van der Waals surface area contributed by atoms with Crippen molar-refractivity contribution in [1.29, 1.82) is 0 Å². The van der Waals surface area contributed by atoms with Gasteiger partial charge in [-0.05, 0) is 104 Å². The van der Waals surface area contributed by atoms with Crippen LogP contribution >= 0.6 is 0 Å². The van der Waals surface area contributed by atoms with Crippen LogP contribution in [-0.4, -0.2) is 23.4 Å². The summed E-state index contributed by atoms with van der Waals surface area (Å²) in [5.74, 6) is -0.670. The van der Waals surface area contributed by atoms with Crippen molar-refractivity contribution >= 4 is 9.84 Å². The van der Waals surface area contributed by atoms with E-state index in [2.05, 4.69) is 55.2 Å². The lowest BCUT2D eigenvalue weighted by Crippen LogP contribution is -2.38. The highest BCUT2D eigenvalue weighted by Gasteiger charge is 2.53. The highest BCUT2D eigenvalue weighted by Crippen LogP contribution is 2.62. The Morgan fingerprint density at radius 2 is 1.02 bits per heavy atom. The van der Waals surface area contributed by atoms with Crippen molar-refractivity contribution in [2.75, 3.05) is 0 Å². The smallest absolute Gasteiger partial charge is 0.207 e. The lowest BCUT2D eigenvalue weighted by atomic mass is 9.62.